The van der Waals surface area contributed by atoms with Crippen LogP contribution in [0.3, 0.4) is 0 Å². The minimum Gasteiger partial charge on any atom is -0.457 e. The Morgan fingerprint density at radius 2 is 1.67 bits per heavy atom. The van der Waals surface area contributed by atoms with Gasteiger partial charge in [-0.15, -0.1) is 0 Å². The Kier molecular flexibility index (Phi) is 3.95. The van der Waals surface area contributed by atoms with Crippen LogP contribution < -0.4 is 10.1 Å². The van der Waals surface area contributed by atoms with E-state index in [1.807, 2.05) is 66.7 Å². The summed E-state index contributed by atoms with van der Waals surface area (Å²) in [5, 5.41) is 3.59. The van der Waals surface area contributed by atoms with E-state index in [-0.39, 0.29) is 5.91 Å². The molecule has 0 spiro atoms. The van der Waals surface area contributed by atoms with Crippen molar-refractivity contribution in [2.75, 3.05) is 5.32 Å². The van der Waals surface area contributed by atoms with E-state index in [4.69, 9.17) is 4.74 Å². The van der Waals surface area contributed by atoms with Gasteiger partial charge in [0.15, 0.2) is 5.13 Å². The van der Waals surface area contributed by atoms with Crippen molar-refractivity contribution in [2.45, 2.75) is 5.92 Å². The maximum absolute atomic E-state index is 13.2. The number of carbonyl (C=O) groups excluding carboxylic acids is 1. The molecular formula is C21H13BrN2O2S. The third kappa shape index (κ3) is 2.91. The number of nitrogens with zero attached hydrogens (tertiary/aromatic N) is 1. The van der Waals surface area contributed by atoms with E-state index in [9.17, 15) is 4.79 Å². The summed E-state index contributed by atoms with van der Waals surface area (Å²) in [6, 6.07) is 21.2. The number of hydrogen-bond acceptors (Lipinski definition) is 4. The molecule has 4 aromatic rings. The summed E-state index contributed by atoms with van der Waals surface area (Å²) in [6.45, 7) is 0. The van der Waals surface area contributed by atoms with Crippen LogP contribution in [0.1, 0.15) is 17.0 Å². The SMILES string of the molecule is O=C(Nc1nc2ccc(Br)cc2s1)C1c2ccccc2Oc2ccccc21. The molecule has 0 saturated carbocycles. The molecule has 27 heavy (non-hydrogen) atoms. The molecule has 3 aromatic carbocycles. The minimum atomic E-state index is -0.440. The summed E-state index contributed by atoms with van der Waals surface area (Å²) in [5.74, 6) is 0.871. The molecule has 0 unspecified atom stereocenters. The van der Waals surface area contributed by atoms with E-state index in [1.165, 1.54) is 11.3 Å². The fourth-order valence-electron chi connectivity index (χ4n) is 3.32. The monoisotopic (exact) mass is 436 g/mol. The van der Waals surface area contributed by atoms with Crippen molar-refractivity contribution < 1.29 is 9.53 Å². The van der Waals surface area contributed by atoms with E-state index >= 15 is 0 Å². The molecule has 0 bridgehead atoms. The number of rotatable bonds is 2. The Morgan fingerprint density at radius 1 is 1.00 bits per heavy atom. The van der Waals surface area contributed by atoms with Crippen LogP contribution in [0, 0.1) is 0 Å². The predicted molar refractivity (Wildman–Crippen MR) is 111 cm³/mol. The topological polar surface area (TPSA) is 51.2 Å². The van der Waals surface area contributed by atoms with E-state index in [2.05, 4.69) is 26.2 Å². The van der Waals surface area contributed by atoms with Gasteiger partial charge in [-0.05, 0) is 30.3 Å². The summed E-state index contributed by atoms with van der Waals surface area (Å²) in [6.07, 6.45) is 0. The number of hydrogen-bond donors (Lipinski definition) is 1. The highest BCUT2D eigenvalue weighted by molar-refractivity contribution is 9.10. The normalized spacial score (nSPS) is 12.9. The molecule has 0 fully saturated rings. The van der Waals surface area contributed by atoms with Gasteiger partial charge in [-0.3, -0.25) is 4.79 Å². The van der Waals surface area contributed by atoms with E-state index in [0.717, 1.165) is 25.8 Å². The van der Waals surface area contributed by atoms with Crippen molar-refractivity contribution in [2.24, 2.45) is 0 Å². The number of ether oxygens (including phenoxy) is 1. The zero-order valence-corrected chi connectivity index (χ0v) is 16.4. The molecule has 4 nitrogen and oxygen atoms in total. The maximum atomic E-state index is 13.2. The number of anilines is 1. The van der Waals surface area contributed by atoms with Crippen LogP contribution >= 0.6 is 27.3 Å². The zero-order valence-electron chi connectivity index (χ0n) is 14.0. The Hall–Kier alpha value is -2.70. The second-order valence-corrected chi connectivity index (χ2v) is 8.18. The van der Waals surface area contributed by atoms with Crippen molar-refractivity contribution in [3.8, 4) is 11.5 Å². The van der Waals surface area contributed by atoms with Crippen molar-refractivity contribution in [1.82, 2.24) is 4.98 Å². The first-order valence-corrected chi connectivity index (χ1v) is 10.0. The summed E-state index contributed by atoms with van der Waals surface area (Å²) in [5.41, 5.74) is 2.58. The van der Waals surface area contributed by atoms with Gasteiger partial charge in [-0.1, -0.05) is 63.7 Å². The lowest BCUT2D eigenvalue weighted by Gasteiger charge is -2.27. The van der Waals surface area contributed by atoms with E-state index in [1.54, 1.807) is 0 Å². The first kappa shape index (κ1) is 16.5. The van der Waals surface area contributed by atoms with Crippen LogP contribution in [0.5, 0.6) is 11.5 Å². The zero-order chi connectivity index (χ0) is 18.4. The predicted octanol–water partition coefficient (Wildman–Crippen LogP) is 5.94. The van der Waals surface area contributed by atoms with Crippen molar-refractivity contribution in [3.63, 3.8) is 0 Å². The lowest BCUT2D eigenvalue weighted by atomic mass is 9.87. The molecule has 0 saturated heterocycles. The Balaban J connectivity index is 1.54. The number of benzene rings is 3. The smallest absolute Gasteiger partial charge is 0.238 e. The molecule has 1 aromatic heterocycles. The fraction of sp³-hybridized carbons (Fsp3) is 0.0476. The lowest BCUT2D eigenvalue weighted by molar-refractivity contribution is -0.116. The van der Waals surface area contributed by atoms with Gasteiger partial charge in [0, 0.05) is 15.6 Å². The molecule has 0 atom stereocenters. The number of fused-ring (bicyclic) bond motifs is 3. The summed E-state index contributed by atoms with van der Waals surface area (Å²) >= 11 is 4.93. The van der Waals surface area contributed by atoms with Crippen LogP contribution in [0.25, 0.3) is 10.2 Å². The second-order valence-electron chi connectivity index (χ2n) is 6.23. The highest BCUT2D eigenvalue weighted by Gasteiger charge is 2.32. The van der Waals surface area contributed by atoms with Gasteiger partial charge in [-0.25, -0.2) is 4.98 Å². The number of carbonyl (C=O) groups is 1. The van der Waals surface area contributed by atoms with Crippen molar-refractivity contribution >= 4 is 48.5 Å². The van der Waals surface area contributed by atoms with Crippen LogP contribution in [-0.4, -0.2) is 10.9 Å². The van der Waals surface area contributed by atoms with Gasteiger partial charge in [0.25, 0.3) is 0 Å². The number of aromatic nitrogens is 1. The maximum Gasteiger partial charge on any atom is 0.238 e. The molecule has 5 rings (SSSR count). The first-order valence-electron chi connectivity index (χ1n) is 8.42. The van der Waals surface area contributed by atoms with Gasteiger partial charge in [0.05, 0.1) is 16.1 Å². The number of thiazole rings is 1. The molecule has 0 radical (unpaired) electrons. The van der Waals surface area contributed by atoms with E-state index in [0.29, 0.717) is 16.6 Å². The Morgan fingerprint density at radius 3 is 2.37 bits per heavy atom. The number of halogens is 1. The lowest BCUT2D eigenvalue weighted by Crippen LogP contribution is -2.24. The minimum absolute atomic E-state index is 0.115. The third-order valence-corrected chi connectivity index (χ3v) is 5.95. The second kappa shape index (κ2) is 6.48. The Labute approximate surface area is 168 Å². The highest BCUT2D eigenvalue weighted by atomic mass is 79.9. The molecule has 1 amide bonds. The van der Waals surface area contributed by atoms with Gasteiger partial charge in [0.1, 0.15) is 11.5 Å². The van der Waals surface area contributed by atoms with Gasteiger partial charge < -0.3 is 10.1 Å². The van der Waals surface area contributed by atoms with Crippen LogP contribution in [-0.2, 0) is 4.79 Å². The Bertz CT molecular complexity index is 1140. The highest BCUT2D eigenvalue weighted by Crippen LogP contribution is 2.44. The van der Waals surface area contributed by atoms with Gasteiger partial charge >= 0.3 is 0 Å². The van der Waals surface area contributed by atoms with Crippen LogP contribution in [0.2, 0.25) is 0 Å². The molecule has 0 aliphatic carbocycles. The molecule has 1 aliphatic rings. The molecular weight excluding hydrogens is 424 g/mol. The number of amides is 1. The first-order chi connectivity index (χ1) is 13.2. The van der Waals surface area contributed by atoms with Crippen molar-refractivity contribution in [3.05, 3.63) is 82.3 Å². The quantitative estimate of drug-likeness (QED) is 0.423. The molecule has 1 N–H and O–H groups in total. The van der Waals surface area contributed by atoms with Crippen LogP contribution in [0.15, 0.2) is 71.2 Å². The average Bonchev–Trinajstić information content (AvgIpc) is 3.07. The summed E-state index contributed by atoms with van der Waals surface area (Å²) in [4.78, 5) is 17.8. The summed E-state index contributed by atoms with van der Waals surface area (Å²) in [7, 11) is 0. The largest absolute Gasteiger partial charge is 0.457 e. The van der Waals surface area contributed by atoms with Crippen LogP contribution in [0.4, 0.5) is 5.13 Å². The third-order valence-electron chi connectivity index (χ3n) is 4.52. The number of para-hydroxylation sites is 2. The average molecular weight is 437 g/mol. The standard InChI is InChI=1S/C21H13BrN2O2S/c22-12-9-10-15-18(11-12)27-21(23-15)24-20(25)19-13-5-1-3-7-16(13)26-17-8-4-2-6-14(17)19/h1-11,19H,(H,23,24,25). The van der Waals surface area contributed by atoms with Gasteiger partial charge in [0.2, 0.25) is 5.91 Å². The molecule has 6 heteroatoms. The molecule has 132 valence electrons. The number of nitrogens with one attached hydrogen (secondary N) is 1. The van der Waals surface area contributed by atoms with E-state index < -0.39 is 5.92 Å². The summed E-state index contributed by atoms with van der Waals surface area (Å²) < 4.78 is 7.98. The fourth-order valence-corrected chi connectivity index (χ4v) is 4.74. The van der Waals surface area contributed by atoms with Gasteiger partial charge in [-0.2, -0.15) is 0 Å². The molecule has 2 heterocycles. The molecule has 1 aliphatic heterocycles. The van der Waals surface area contributed by atoms with Crippen molar-refractivity contribution in [1.29, 1.82) is 0 Å².